The molecule has 0 saturated carbocycles. The average Bonchev–Trinajstić information content (AvgIpc) is 3.06. The zero-order valence-corrected chi connectivity index (χ0v) is 20.0. The summed E-state index contributed by atoms with van der Waals surface area (Å²) in [5.41, 5.74) is -1.17. The van der Waals surface area contributed by atoms with Crippen LogP contribution in [0.15, 0.2) is 15.8 Å². The average molecular weight is 518 g/mol. The number of ether oxygens (including phenoxy) is 1. The Hall–Kier alpha value is -0.790. The summed E-state index contributed by atoms with van der Waals surface area (Å²) in [4.78, 5) is 53.9. The van der Waals surface area contributed by atoms with Gasteiger partial charge in [0.1, 0.15) is 18.4 Å². The van der Waals surface area contributed by atoms with Crippen LogP contribution >= 0.6 is 28.3 Å². The molecule has 0 aromatic carbocycles. The number of unbranched alkanes of at least 4 members (excludes halogenated alkanes) is 3. The molecule has 4 N–H and O–H groups in total. The molecule has 0 radical (unpaired) electrons. The summed E-state index contributed by atoms with van der Waals surface area (Å²) < 4.78 is 44.6. The third-order valence-corrected chi connectivity index (χ3v) is 6.46. The van der Waals surface area contributed by atoms with E-state index in [0.717, 1.165) is 29.6 Å². The molecule has 1 aliphatic heterocycles. The highest BCUT2D eigenvalue weighted by Gasteiger charge is 2.42. The first-order valence-corrected chi connectivity index (χ1v) is 13.5. The van der Waals surface area contributed by atoms with Crippen molar-refractivity contribution >= 4 is 28.3 Å². The third kappa shape index (κ3) is 8.86. The molecule has 2 heterocycles. The fourth-order valence-corrected chi connectivity index (χ4v) is 4.63. The summed E-state index contributed by atoms with van der Waals surface area (Å²) in [5, 5.41) is 0. The van der Waals surface area contributed by atoms with Crippen molar-refractivity contribution in [2.45, 2.75) is 57.5 Å². The summed E-state index contributed by atoms with van der Waals surface area (Å²) in [6.07, 6.45) is 0.688. The first kappa shape index (κ1) is 27.5. The van der Waals surface area contributed by atoms with E-state index in [0.29, 0.717) is 6.42 Å². The number of nitrogens with zero attached hydrogens (tertiary/aromatic N) is 1. The van der Waals surface area contributed by atoms with Gasteiger partial charge in [-0.3, -0.25) is 27.9 Å². The van der Waals surface area contributed by atoms with Gasteiger partial charge in [-0.1, -0.05) is 12.8 Å². The molecule has 1 unspecified atom stereocenters. The maximum Gasteiger partial charge on any atom is 0.472 e. The van der Waals surface area contributed by atoms with Gasteiger partial charge in [0.15, 0.2) is 0 Å². The topological polar surface area (TPSA) is 187 Å². The Labute approximate surface area is 189 Å². The SMILES string of the molecule is Cc1cn([C@H]2C[C@H](OP(=O)(O)O)[C@@H](COP(=O)(O)OCCCCCCS)O2)c(=O)[nH]c1=O. The predicted molar refractivity (Wildman–Crippen MR) is 116 cm³/mol. The van der Waals surface area contributed by atoms with E-state index in [1.54, 1.807) is 0 Å². The molecule has 0 spiro atoms. The van der Waals surface area contributed by atoms with E-state index in [2.05, 4.69) is 17.6 Å². The lowest BCUT2D eigenvalue weighted by atomic mass is 10.2. The number of hydrogen-bond donors (Lipinski definition) is 5. The number of H-pyrrole nitrogens is 1. The highest BCUT2D eigenvalue weighted by Crippen LogP contribution is 2.47. The van der Waals surface area contributed by atoms with Gasteiger partial charge in [0.25, 0.3) is 5.56 Å². The van der Waals surface area contributed by atoms with Crippen molar-refractivity contribution in [3.8, 4) is 0 Å². The van der Waals surface area contributed by atoms with Crippen LogP contribution in [0.1, 0.15) is 43.9 Å². The Morgan fingerprint density at radius 3 is 2.53 bits per heavy atom. The Kier molecular flexibility index (Phi) is 10.4. The van der Waals surface area contributed by atoms with Crippen LogP contribution in [0.4, 0.5) is 0 Å². The maximum absolute atomic E-state index is 12.1. The Morgan fingerprint density at radius 2 is 1.88 bits per heavy atom. The summed E-state index contributed by atoms with van der Waals surface area (Å²) >= 11 is 4.10. The monoisotopic (exact) mass is 518 g/mol. The fourth-order valence-electron chi connectivity index (χ4n) is 3.06. The van der Waals surface area contributed by atoms with Crippen LogP contribution in [0.25, 0.3) is 0 Å². The van der Waals surface area contributed by atoms with Gasteiger partial charge in [-0.15, -0.1) is 0 Å². The van der Waals surface area contributed by atoms with Crippen LogP contribution in [0.3, 0.4) is 0 Å². The van der Waals surface area contributed by atoms with Gasteiger partial charge in [-0.25, -0.2) is 13.9 Å². The lowest BCUT2D eigenvalue weighted by molar-refractivity contribution is -0.0458. The summed E-state index contributed by atoms with van der Waals surface area (Å²) in [6, 6.07) is 0. The quantitative estimate of drug-likeness (QED) is 0.144. The fraction of sp³-hybridized carbons (Fsp3) is 0.750. The van der Waals surface area contributed by atoms with Crippen molar-refractivity contribution in [3.63, 3.8) is 0 Å². The Morgan fingerprint density at radius 1 is 1.19 bits per heavy atom. The van der Waals surface area contributed by atoms with E-state index in [1.807, 2.05) is 0 Å². The molecule has 1 fully saturated rings. The molecule has 16 heteroatoms. The molecule has 1 aromatic heterocycles. The second-order valence-electron chi connectivity index (χ2n) is 7.21. The highest BCUT2D eigenvalue weighted by molar-refractivity contribution is 7.80. The number of thiol groups is 1. The number of aromatic amines is 1. The molecule has 1 saturated heterocycles. The van der Waals surface area contributed by atoms with Gasteiger partial charge in [0.2, 0.25) is 0 Å². The first-order chi connectivity index (χ1) is 14.9. The van der Waals surface area contributed by atoms with Crippen LogP contribution in [0.2, 0.25) is 0 Å². The van der Waals surface area contributed by atoms with E-state index in [9.17, 15) is 23.6 Å². The minimum atomic E-state index is -4.94. The standard InChI is InChI=1S/C16H28N2O11P2S/c1-11-9-18(16(20)17-15(11)19)14-8-12(29-30(21,22)23)13(28-14)10-27-31(24,25)26-6-4-2-3-5-7-32/h9,12-14,32H,2-8,10H2,1H3,(H,24,25)(H,17,19,20)(H2,21,22,23)/t12-,13+,14+/m0/s1. The van der Waals surface area contributed by atoms with Crippen molar-refractivity contribution in [2.24, 2.45) is 0 Å². The van der Waals surface area contributed by atoms with E-state index < -0.39 is 51.9 Å². The van der Waals surface area contributed by atoms with Crippen molar-refractivity contribution in [1.82, 2.24) is 9.55 Å². The molecular formula is C16H28N2O11P2S. The third-order valence-electron chi connectivity index (χ3n) is 4.62. The lowest BCUT2D eigenvalue weighted by Gasteiger charge is -2.20. The number of phosphoric acid groups is 2. The molecule has 1 aliphatic rings. The Balaban J connectivity index is 2.02. The maximum atomic E-state index is 12.1. The molecule has 0 bridgehead atoms. The van der Waals surface area contributed by atoms with E-state index in [1.165, 1.54) is 13.1 Å². The molecule has 4 atom stereocenters. The van der Waals surface area contributed by atoms with Gasteiger partial charge < -0.3 is 19.4 Å². The summed E-state index contributed by atoms with van der Waals surface area (Å²) in [5.74, 6) is 0.757. The van der Waals surface area contributed by atoms with Crippen molar-refractivity contribution < 1.29 is 42.1 Å². The van der Waals surface area contributed by atoms with E-state index in [4.69, 9.17) is 28.1 Å². The first-order valence-electron chi connectivity index (χ1n) is 9.86. The molecule has 1 aromatic rings. The van der Waals surface area contributed by atoms with Crippen molar-refractivity contribution in [1.29, 1.82) is 0 Å². The van der Waals surface area contributed by atoms with Gasteiger partial charge >= 0.3 is 21.3 Å². The molecule has 13 nitrogen and oxygen atoms in total. The second kappa shape index (κ2) is 12.1. The molecule has 0 aliphatic carbocycles. The number of hydrogen-bond acceptors (Lipinski definition) is 9. The molecule has 184 valence electrons. The number of aryl methyl sites for hydroxylation is 1. The largest absolute Gasteiger partial charge is 0.472 e. The van der Waals surface area contributed by atoms with Crippen LogP contribution in [-0.2, 0) is 27.4 Å². The number of nitrogens with one attached hydrogen (secondary N) is 1. The molecule has 32 heavy (non-hydrogen) atoms. The van der Waals surface area contributed by atoms with Crippen LogP contribution < -0.4 is 11.2 Å². The smallest absolute Gasteiger partial charge is 0.349 e. The molecule has 2 rings (SSSR count). The minimum absolute atomic E-state index is 0.0110. The zero-order valence-electron chi connectivity index (χ0n) is 17.4. The molecular weight excluding hydrogens is 490 g/mol. The van der Waals surface area contributed by atoms with E-state index >= 15 is 0 Å². The van der Waals surface area contributed by atoms with Crippen LogP contribution in [-0.4, -0.2) is 55.4 Å². The highest BCUT2D eigenvalue weighted by atomic mass is 32.1. The second-order valence-corrected chi connectivity index (χ2v) is 10.3. The van der Waals surface area contributed by atoms with Gasteiger partial charge in [-0.2, -0.15) is 12.6 Å². The number of phosphoric ester groups is 2. The number of aromatic nitrogens is 2. The Bertz CT molecular complexity index is 962. The number of rotatable bonds is 13. The lowest BCUT2D eigenvalue weighted by Crippen LogP contribution is -2.33. The minimum Gasteiger partial charge on any atom is -0.349 e. The summed E-state index contributed by atoms with van der Waals surface area (Å²) in [6.45, 7) is 0.862. The normalized spacial score (nSPS) is 23.3. The van der Waals surface area contributed by atoms with Crippen molar-refractivity contribution in [3.05, 3.63) is 32.6 Å². The van der Waals surface area contributed by atoms with Crippen LogP contribution in [0, 0.1) is 6.92 Å². The zero-order chi connectivity index (χ0) is 23.9. The summed E-state index contributed by atoms with van der Waals surface area (Å²) in [7, 11) is -9.40. The van der Waals surface area contributed by atoms with Gasteiger partial charge in [-0.05, 0) is 25.5 Å². The predicted octanol–water partition coefficient (Wildman–Crippen LogP) is 1.23. The van der Waals surface area contributed by atoms with Crippen molar-refractivity contribution in [2.75, 3.05) is 19.0 Å². The van der Waals surface area contributed by atoms with Gasteiger partial charge in [0.05, 0.1) is 13.2 Å². The van der Waals surface area contributed by atoms with Crippen LogP contribution in [0.5, 0.6) is 0 Å². The van der Waals surface area contributed by atoms with E-state index in [-0.39, 0.29) is 18.6 Å². The molecule has 0 amide bonds. The van der Waals surface area contributed by atoms with Gasteiger partial charge in [0, 0.05) is 18.2 Å².